The van der Waals surface area contributed by atoms with E-state index >= 15 is 0 Å². The van der Waals surface area contributed by atoms with Crippen LogP contribution in [0.5, 0.6) is 0 Å². The number of rotatable bonds is 6. The quantitative estimate of drug-likeness (QED) is 0.166. The summed E-state index contributed by atoms with van der Waals surface area (Å²) in [7, 11) is 0. The zero-order chi connectivity index (χ0) is 47.4. The predicted molar refractivity (Wildman–Crippen MR) is 291 cm³/mol. The molecule has 0 saturated heterocycles. The molecule has 0 aliphatic carbocycles. The molecular weight excluding hydrogens is 883 g/mol. The van der Waals surface area contributed by atoms with Crippen LogP contribution in [0.1, 0.15) is 5.56 Å². The number of hydrogen-bond acceptors (Lipinski definition) is 5. The maximum Gasteiger partial charge on any atom is 0.164 e. The lowest BCUT2D eigenvalue weighted by molar-refractivity contribution is 0.666. The average Bonchev–Trinajstić information content (AvgIpc) is 4.20. The minimum atomic E-state index is 0.411. The molecule has 0 amide bonds. The average molecular weight is 920 g/mol. The van der Waals surface area contributed by atoms with Crippen molar-refractivity contribution in [3.05, 3.63) is 230 Å². The molecule has 0 atom stereocenters. The van der Waals surface area contributed by atoms with Gasteiger partial charge in [-0.2, -0.15) is 5.26 Å². The fourth-order valence-electron chi connectivity index (χ4n) is 11.3. The smallest absolute Gasteiger partial charge is 0.164 e. The van der Waals surface area contributed by atoms with Crippen molar-refractivity contribution >= 4 is 87.4 Å². The molecule has 0 aliphatic rings. The Labute approximate surface area is 411 Å². The van der Waals surface area contributed by atoms with Gasteiger partial charge in [-0.3, -0.25) is 0 Å². The number of furan rings is 1. The second kappa shape index (κ2) is 15.5. The van der Waals surface area contributed by atoms with Crippen LogP contribution in [0.15, 0.2) is 229 Å². The van der Waals surface area contributed by atoms with E-state index in [1.165, 1.54) is 10.8 Å². The van der Waals surface area contributed by atoms with Gasteiger partial charge in [-0.15, -0.1) is 0 Å². The van der Waals surface area contributed by atoms with Gasteiger partial charge in [0, 0.05) is 65.5 Å². The Hall–Kier alpha value is -10.1. The monoisotopic (exact) mass is 919 g/mol. The van der Waals surface area contributed by atoms with Crippen molar-refractivity contribution in [1.29, 1.82) is 5.26 Å². The van der Waals surface area contributed by atoms with Crippen LogP contribution >= 0.6 is 0 Å². The van der Waals surface area contributed by atoms with Crippen molar-refractivity contribution in [1.82, 2.24) is 28.7 Å². The number of nitrogens with zero attached hydrogens (tertiary/aromatic N) is 7. The fraction of sp³-hybridized carbons (Fsp3) is 0. The summed E-state index contributed by atoms with van der Waals surface area (Å²) in [4.78, 5) is 15.4. The van der Waals surface area contributed by atoms with E-state index < -0.39 is 0 Å². The summed E-state index contributed by atoms with van der Waals surface area (Å²) in [6.45, 7) is 0. The molecule has 0 aliphatic heterocycles. The number of hydrogen-bond donors (Lipinski definition) is 0. The van der Waals surface area contributed by atoms with E-state index in [0.29, 0.717) is 45.5 Å². The first-order valence-corrected chi connectivity index (χ1v) is 24.0. The second-order valence-electron chi connectivity index (χ2n) is 18.2. The molecule has 5 heterocycles. The minimum Gasteiger partial charge on any atom is -0.454 e. The number of fused-ring (bicyclic) bond motifs is 13. The van der Waals surface area contributed by atoms with Crippen LogP contribution < -0.4 is 0 Å². The minimum absolute atomic E-state index is 0.411. The molecule has 0 radical (unpaired) electrons. The van der Waals surface area contributed by atoms with Crippen molar-refractivity contribution in [2.75, 3.05) is 0 Å². The molecule has 8 heteroatoms. The Morgan fingerprint density at radius 3 is 1.46 bits per heavy atom. The van der Waals surface area contributed by atoms with Crippen LogP contribution in [0.3, 0.4) is 0 Å². The van der Waals surface area contributed by atoms with Crippen LogP contribution in [0.2, 0.25) is 0 Å². The summed E-state index contributed by atoms with van der Waals surface area (Å²) >= 11 is 0. The Bertz CT molecular complexity index is 4640. The standard InChI is InChI=1S/C64H37N7O/c65-38-41-36-49(64-67-62(39-20-4-1-5-21-39)66-63(68-64)40-22-6-2-7-23-40)56-47-30-14-19-35-55(47)72-61(56)58(41)71-52-33-17-12-28-45(52)48-37-54(70-50-31-15-10-26-43(50)44-27-11-16-32-51(44)70)60-57(59(48)71)46-29-13-18-34-53(46)69(60)42-24-8-3-9-25-42/h1-37H. The zero-order valence-corrected chi connectivity index (χ0v) is 38.4. The van der Waals surface area contributed by atoms with Gasteiger partial charge >= 0.3 is 0 Å². The first-order chi connectivity index (χ1) is 35.7. The highest BCUT2D eigenvalue weighted by atomic mass is 16.3. The largest absolute Gasteiger partial charge is 0.454 e. The summed E-state index contributed by atoms with van der Waals surface area (Å²) < 4.78 is 14.3. The lowest BCUT2D eigenvalue weighted by atomic mass is 10.00. The number of benzene rings is 10. The van der Waals surface area contributed by atoms with Gasteiger partial charge in [0.15, 0.2) is 23.1 Å². The van der Waals surface area contributed by atoms with Gasteiger partial charge in [-0.25, -0.2) is 15.0 Å². The Morgan fingerprint density at radius 2 is 0.861 bits per heavy atom. The van der Waals surface area contributed by atoms with Gasteiger partial charge in [-0.05, 0) is 54.6 Å². The normalized spacial score (nSPS) is 11.9. The van der Waals surface area contributed by atoms with Gasteiger partial charge < -0.3 is 18.1 Å². The van der Waals surface area contributed by atoms with E-state index in [4.69, 9.17) is 19.4 Å². The van der Waals surface area contributed by atoms with E-state index in [2.05, 4.69) is 159 Å². The molecule has 72 heavy (non-hydrogen) atoms. The van der Waals surface area contributed by atoms with Crippen LogP contribution in [-0.2, 0) is 0 Å². The van der Waals surface area contributed by atoms with Crippen LogP contribution in [0, 0.1) is 11.3 Å². The summed E-state index contributed by atoms with van der Waals surface area (Å²) in [5.41, 5.74) is 13.0. The van der Waals surface area contributed by atoms with Crippen molar-refractivity contribution in [2.45, 2.75) is 0 Å². The second-order valence-corrected chi connectivity index (χ2v) is 18.2. The molecule has 15 rings (SSSR count). The predicted octanol–water partition coefficient (Wildman–Crippen LogP) is 15.9. The molecule has 15 aromatic rings. The molecule has 0 bridgehead atoms. The first kappa shape index (κ1) is 39.9. The first-order valence-electron chi connectivity index (χ1n) is 24.0. The highest BCUT2D eigenvalue weighted by Crippen LogP contribution is 2.49. The SMILES string of the molecule is N#Cc1cc(-c2nc(-c3ccccc3)nc(-c3ccccc3)n2)c2c(oc3ccccc32)c1-n1c2ccccc2c2cc(-n3c4ccccc4c4ccccc43)c3c(c4ccccc4n3-c3ccccc3)c21. The lowest BCUT2D eigenvalue weighted by Crippen LogP contribution is -2.04. The summed E-state index contributed by atoms with van der Waals surface area (Å²) in [6.07, 6.45) is 0. The fourth-order valence-corrected chi connectivity index (χ4v) is 11.3. The van der Waals surface area contributed by atoms with E-state index in [0.717, 1.165) is 87.9 Å². The van der Waals surface area contributed by atoms with Gasteiger partial charge in [0.2, 0.25) is 0 Å². The third kappa shape index (κ3) is 5.70. The van der Waals surface area contributed by atoms with E-state index in [1.54, 1.807) is 0 Å². The molecule has 0 saturated carbocycles. The lowest BCUT2D eigenvalue weighted by Gasteiger charge is -2.17. The summed E-state index contributed by atoms with van der Waals surface area (Å²) in [5.74, 6) is 1.50. The number of aromatic nitrogens is 6. The highest BCUT2D eigenvalue weighted by Gasteiger charge is 2.30. The van der Waals surface area contributed by atoms with E-state index in [-0.39, 0.29) is 0 Å². The molecule has 0 unspecified atom stereocenters. The summed E-state index contributed by atoms with van der Waals surface area (Å²) in [5, 5.41) is 19.9. The highest BCUT2D eigenvalue weighted by molar-refractivity contribution is 6.29. The Kier molecular flexibility index (Phi) is 8.55. The number of para-hydroxylation sites is 6. The molecule has 0 fully saturated rings. The van der Waals surface area contributed by atoms with Gasteiger partial charge in [0.1, 0.15) is 17.3 Å². The van der Waals surface area contributed by atoms with Gasteiger partial charge in [0.25, 0.3) is 0 Å². The van der Waals surface area contributed by atoms with Crippen LogP contribution in [-0.4, -0.2) is 28.7 Å². The topological polar surface area (TPSA) is 90.4 Å². The van der Waals surface area contributed by atoms with Crippen molar-refractivity contribution in [3.63, 3.8) is 0 Å². The molecule has 0 N–H and O–H groups in total. The maximum absolute atomic E-state index is 11.7. The molecular formula is C64H37N7O. The molecule has 5 aromatic heterocycles. The number of nitriles is 1. The van der Waals surface area contributed by atoms with E-state index in [9.17, 15) is 5.26 Å². The van der Waals surface area contributed by atoms with Crippen molar-refractivity contribution in [2.24, 2.45) is 0 Å². The molecule has 8 nitrogen and oxygen atoms in total. The zero-order valence-electron chi connectivity index (χ0n) is 38.4. The molecule has 0 spiro atoms. The molecule has 10 aromatic carbocycles. The Balaban J connectivity index is 1.13. The Morgan fingerprint density at radius 1 is 0.389 bits per heavy atom. The third-order valence-electron chi connectivity index (χ3n) is 14.3. The maximum atomic E-state index is 11.7. The van der Waals surface area contributed by atoms with Gasteiger partial charge in [0.05, 0.1) is 44.4 Å². The summed E-state index contributed by atoms with van der Waals surface area (Å²) in [6, 6.07) is 80.2. The third-order valence-corrected chi connectivity index (χ3v) is 14.3. The molecule has 334 valence electrons. The van der Waals surface area contributed by atoms with E-state index in [1.807, 2.05) is 84.9 Å². The van der Waals surface area contributed by atoms with Crippen LogP contribution in [0.4, 0.5) is 0 Å². The van der Waals surface area contributed by atoms with Crippen LogP contribution in [0.25, 0.3) is 139 Å². The van der Waals surface area contributed by atoms with Crippen molar-refractivity contribution in [3.8, 4) is 57.3 Å². The van der Waals surface area contributed by atoms with Crippen molar-refractivity contribution < 1.29 is 4.42 Å². The van der Waals surface area contributed by atoms with Gasteiger partial charge in [-0.1, -0.05) is 170 Å².